The van der Waals surface area contributed by atoms with Crippen molar-refractivity contribution in [3.05, 3.63) is 5.28 Å². The van der Waals surface area contributed by atoms with Crippen molar-refractivity contribution in [3.8, 4) is 6.01 Å². The van der Waals surface area contributed by atoms with E-state index in [4.69, 9.17) is 16.3 Å². The maximum absolute atomic E-state index is 5.87. The molecule has 6 heteroatoms. The quantitative estimate of drug-likeness (QED) is 0.897. The number of ether oxygens (including phenoxy) is 1. The predicted molar refractivity (Wildman–Crippen MR) is 77.8 cm³/mol. The molecular formula is C13H23ClN4O. The molecule has 0 bridgehead atoms. The first kappa shape index (κ1) is 16.0. The van der Waals surface area contributed by atoms with Gasteiger partial charge in [-0.2, -0.15) is 15.0 Å². The molecule has 0 aliphatic heterocycles. The van der Waals surface area contributed by atoms with E-state index in [2.05, 4.69) is 54.9 Å². The van der Waals surface area contributed by atoms with E-state index in [0.29, 0.717) is 12.6 Å². The molecule has 0 fully saturated rings. The molecule has 0 aliphatic carbocycles. The summed E-state index contributed by atoms with van der Waals surface area (Å²) >= 11 is 5.87. The minimum absolute atomic E-state index is 0.132. The van der Waals surface area contributed by atoms with E-state index in [1.165, 1.54) is 0 Å². The molecule has 1 heterocycles. The minimum Gasteiger partial charge on any atom is -0.464 e. The summed E-state index contributed by atoms with van der Waals surface area (Å²) in [5.74, 6) is 0.442. The fraction of sp³-hybridized carbons (Fsp3) is 0.769. The van der Waals surface area contributed by atoms with Crippen molar-refractivity contribution in [1.29, 1.82) is 0 Å². The summed E-state index contributed by atoms with van der Waals surface area (Å²) in [5, 5.41) is 3.42. The standard InChI is InChI=1S/C13H23ClN4O/c1-7-19-11-16-9(14)15-10(17-11)18-13(5,6)8-12(2,3)4/h7-8H2,1-6H3,(H,15,16,17,18). The summed E-state index contributed by atoms with van der Waals surface area (Å²) in [4.78, 5) is 12.2. The van der Waals surface area contributed by atoms with Gasteiger partial charge in [0.25, 0.3) is 0 Å². The minimum atomic E-state index is -0.146. The molecule has 0 unspecified atom stereocenters. The first-order chi connectivity index (χ1) is 8.61. The number of hydrogen-bond acceptors (Lipinski definition) is 5. The van der Waals surface area contributed by atoms with E-state index >= 15 is 0 Å². The number of hydrogen-bond donors (Lipinski definition) is 1. The normalized spacial score (nSPS) is 12.4. The Labute approximate surface area is 120 Å². The Balaban J connectivity index is 2.86. The highest BCUT2D eigenvalue weighted by atomic mass is 35.5. The molecule has 1 aromatic heterocycles. The molecule has 0 amide bonds. The fourth-order valence-corrected chi connectivity index (χ4v) is 2.41. The van der Waals surface area contributed by atoms with Crippen LogP contribution in [-0.2, 0) is 0 Å². The zero-order valence-corrected chi connectivity index (χ0v) is 13.3. The number of nitrogens with zero attached hydrogens (tertiary/aromatic N) is 3. The largest absolute Gasteiger partial charge is 0.464 e. The van der Waals surface area contributed by atoms with Gasteiger partial charge in [-0.15, -0.1) is 0 Å². The van der Waals surface area contributed by atoms with Crippen molar-refractivity contribution >= 4 is 17.5 Å². The van der Waals surface area contributed by atoms with E-state index in [1.54, 1.807) is 0 Å². The van der Waals surface area contributed by atoms with Crippen LogP contribution in [0, 0.1) is 5.41 Å². The molecule has 0 spiro atoms. The third kappa shape index (κ3) is 6.05. The van der Waals surface area contributed by atoms with E-state index in [1.807, 2.05) is 6.92 Å². The summed E-state index contributed by atoms with van der Waals surface area (Å²) < 4.78 is 5.26. The highest BCUT2D eigenvalue weighted by Gasteiger charge is 2.26. The topological polar surface area (TPSA) is 59.9 Å². The maximum atomic E-state index is 5.87. The van der Waals surface area contributed by atoms with Gasteiger partial charge in [0.1, 0.15) is 0 Å². The monoisotopic (exact) mass is 286 g/mol. The molecule has 19 heavy (non-hydrogen) atoms. The number of nitrogens with one attached hydrogen (secondary N) is 1. The third-order valence-electron chi connectivity index (χ3n) is 2.28. The smallest absolute Gasteiger partial charge is 0.322 e. The molecule has 0 saturated heterocycles. The van der Waals surface area contributed by atoms with Crippen molar-refractivity contribution < 1.29 is 4.74 Å². The van der Waals surface area contributed by atoms with Crippen LogP contribution in [0.25, 0.3) is 0 Å². The Morgan fingerprint density at radius 3 is 2.26 bits per heavy atom. The molecule has 0 saturated carbocycles. The molecule has 0 aliphatic rings. The molecule has 1 rings (SSSR count). The second-order valence-electron chi connectivity index (χ2n) is 6.39. The molecule has 108 valence electrons. The Bertz CT molecular complexity index is 429. The van der Waals surface area contributed by atoms with E-state index < -0.39 is 0 Å². The SMILES string of the molecule is CCOc1nc(Cl)nc(NC(C)(C)CC(C)(C)C)n1. The van der Waals surface area contributed by atoms with Crippen LogP contribution in [0.15, 0.2) is 0 Å². The highest BCUT2D eigenvalue weighted by molar-refractivity contribution is 6.28. The molecular weight excluding hydrogens is 264 g/mol. The van der Waals surface area contributed by atoms with Crippen LogP contribution in [0.3, 0.4) is 0 Å². The number of rotatable bonds is 5. The summed E-state index contributed by atoms with van der Waals surface area (Å²) in [6.07, 6.45) is 0.966. The van der Waals surface area contributed by atoms with Crippen molar-refractivity contribution in [2.75, 3.05) is 11.9 Å². The summed E-state index contributed by atoms with van der Waals surface area (Å²) in [6.45, 7) is 13.2. The van der Waals surface area contributed by atoms with Crippen LogP contribution < -0.4 is 10.1 Å². The molecule has 0 radical (unpaired) electrons. The van der Waals surface area contributed by atoms with Crippen LogP contribution in [0.1, 0.15) is 48.0 Å². The van der Waals surface area contributed by atoms with E-state index in [-0.39, 0.29) is 22.2 Å². The van der Waals surface area contributed by atoms with Crippen molar-refractivity contribution in [2.45, 2.75) is 53.5 Å². The lowest BCUT2D eigenvalue weighted by Crippen LogP contribution is -2.36. The van der Waals surface area contributed by atoms with Gasteiger partial charge in [0.2, 0.25) is 11.2 Å². The molecule has 1 N–H and O–H groups in total. The molecule has 0 aromatic carbocycles. The zero-order valence-electron chi connectivity index (χ0n) is 12.5. The van der Waals surface area contributed by atoms with Gasteiger partial charge in [0, 0.05) is 5.54 Å². The van der Waals surface area contributed by atoms with Crippen molar-refractivity contribution in [1.82, 2.24) is 15.0 Å². The Morgan fingerprint density at radius 2 is 1.74 bits per heavy atom. The van der Waals surface area contributed by atoms with Gasteiger partial charge in [-0.3, -0.25) is 0 Å². The molecule has 0 atom stereocenters. The van der Waals surface area contributed by atoms with Crippen LogP contribution in [0.4, 0.5) is 5.95 Å². The van der Waals surface area contributed by atoms with Gasteiger partial charge in [0.15, 0.2) is 0 Å². The number of halogens is 1. The van der Waals surface area contributed by atoms with Crippen LogP contribution in [0.2, 0.25) is 5.28 Å². The summed E-state index contributed by atoms with van der Waals surface area (Å²) in [7, 11) is 0. The van der Waals surface area contributed by atoms with Gasteiger partial charge in [0.05, 0.1) is 6.61 Å². The van der Waals surface area contributed by atoms with E-state index in [0.717, 1.165) is 6.42 Å². The Hall–Kier alpha value is -1.10. The maximum Gasteiger partial charge on any atom is 0.322 e. The van der Waals surface area contributed by atoms with Gasteiger partial charge in [-0.25, -0.2) is 0 Å². The van der Waals surface area contributed by atoms with Crippen molar-refractivity contribution in [2.24, 2.45) is 5.41 Å². The first-order valence-electron chi connectivity index (χ1n) is 6.44. The molecule has 1 aromatic rings. The Morgan fingerprint density at radius 1 is 1.11 bits per heavy atom. The van der Waals surface area contributed by atoms with Gasteiger partial charge < -0.3 is 10.1 Å². The van der Waals surface area contributed by atoms with E-state index in [9.17, 15) is 0 Å². The lowest BCUT2D eigenvalue weighted by Gasteiger charge is -2.33. The average molecular weight is 287 g/mol. The second kappa shape index (κ2) is 5.90. The third-order valence-corrected chi connectivity index (χ3v) is 2.45. The summed E-state index contributed by atoms with van der Waals surface area (Å²) in [5.41, 5.74) is 0.0580. The Kier molecular flexibility index (Phi) is 4.96. The van der Waals surface area contributed by atoms with Gasteiger partial charge in [-0.05, 0) is 44.2 Å². The summed E-state index contributed by atoms with van der Waals surface area (Å²) in [6, 6.07) is 0.247. The van der Waals surface area contributed by atoms with Crippen LogP contribution in [-0.4, -0.2) is 27.1 Å². The average Bonchev–Trinajstić information content (AvgIpc) is 2.10. The highest BCUT2D eigenvalue weighted by Crippen LogP contribution is 2.29. The van der Waals surface area contributed by atoms with Crippen LogP contribution in [0.5, 0.6) is 6.01 Å². The number of aromatic nitrogens is 3. The predicted octanol–water partition coefficient (Wildman–Crippen LogP) is 3.55. The molecule has 5 nitrogen and oxygen atoms in total. The second-order valence-corrected chi connectivity index (χ2v) is 6.73. The van der Waals surface area contributed by atoms with Gasteiger partial charge >= 0.3 is 6.01 Å². The first-order valence-corrected chi connectivity index (χ1v) is 6.82. The number of anilines is 1. The lowest BCUT2D eigenvalue weighted by atomic mass is 9.82. The fourth-order valence-electron chi connectivity index (χ4n) is 2.25. The van der Waals surface area contributed by atoms with Crippen molar-refractivity contribution in [3.63, 3.8) is 0 Å². The van der Waals surface area contributed by atoms with Gasteiger partial charge in [-0.1, -0.05) is 20.8 Å². The lowest BCUT2D eigenvalue weighted by molar-refractivity contribution is 0.298. The van der Waals surface area contributed by atoms with Crippen LogP contribution >= 0.6 is 11.6 Å². The zero-order chi connectivity index (χ0) is 14.7.